The maximum atomic E-state index is 9.11. The monoisotopic (exact) mass is 283 g/mol. The van der Waals surface area contributed by atoms with Gasteiger partial charge in [-0.2, -0.15) is 0 Å². The molecule has 2 aromatic rings. The van der Waals surface area contributed by atoms with Crippen LogP contribution in [0.25, 0.3) is 11.3 Å². The van der Waals surface area contributed by atoms with Crippen molar-refractivity contribution in [1.82, 2.24) is 14.9 Å². The van der Waals surface area contributed by atoms with Crippen LogP contribution < -0.4 is 0 Å². The molecule has 0 aliphatic carbocycles. The van der Waals surface area contributed by atoms with Gasteiger partial charge in [0.05, 0.1) is 24.2 Å². The first-order valence-electron chi connectivity index (χ1n) is 7.47. The van der Waals surface area contributed by atoms with Crippen molar-refractivity contribution < 1.29 is 5.11 Å². The van der Waals surface area contributed by atoms with Crippen LogP contribution in [0.1, 0.15) is 30.0 Å². The maximum Gasteiger partial charge on any atom is 0.0888 e. The number of likely N-dealkylation sites (N-methyl/N-ethyl adjacent to an activating group) is 1. The summed E-state index contributed by atoms with van der Waals surface area (Å²) in [5, 5.41) is 9.11. The van der Waals surface area contributed by atoms with E-state index >= 15 is 0 Å². The minimum atomic E-state index is 0.0698. The van der Waals surface area contributed by atoms with Gasteiger partial charge in [-0.1, -0.05) is 24.3 Å². The van der Waals surface area contributed by atoms with Crippen molar-refractivity contribution in [1.29, 1.82) is 0 Å². The zero-order chi connectivity index (χ0) is 14.7. The van der Waals surface area contributed by atoms with Gasteiger partial charge in [-0.05, 0) is 32.0 Å². The quantitative estimate of drug-likeness (QED) is 0.940. The van der Waals surface area contributed by atoms with E-state index in [9.17, 15) is 0 Å². The number of likely N-dealkylation sites (tertiary alicyclic amines) is 1. The Hall–Kier alpha value is -1.78. The summed E-state index contributed by atoms with van der Waals surface area (Å²) in [7, 11) is 2.16. The molecule has 3 rings (SSSR count). The largest absolute Gasteiger partial charge is 0.392 e. The van der Waals surface area contributed by atoms with Crippen LogP contribution in [0.3, 0.4) is 0 Å². The molecule has 1 saturated heterocycles. The maximum absolute atomic E-state index is 9.11. The molecule has 1 aliphatic rings. The van der Waals surface area contributed by atoms with Gasteiger partial charge in [0.25, 0.3) is 0 Å². The summed E-state index contributed by atoms with van der Waals surface area (Å²) < 4.78 is 0. The van der Waals surface area contributed by atoms with E-state index < -0.39 is 0 Å². The second-order valence-corrected chi connectivity index (χ2v) is 5.79. The van der Waals surface area contributed by atoms with Gasteiger partial charge in [0, 0.05) is 24.2 Å². The Labute approximate surface area is 125 Å². The molecule has 1 N–H and O–H groups in total. The van der Waals surface area contributed by atoms with E-state index in [-0.39, 0.29) is 6.61 Å². The van der Waals surface area contributed by atoms with E-state index in [1.807, 2.05) is 36.7 Å². The molecule has 1 aromatic heterocycles. The van der Waals surface area contributed by atoms with Gasteiger partial charge in [0.1, 0.15) is 0 Å². The van der Waals surface area contributed by atoms with Gasteiger partial charge in [0.2, 0.25) is 0 Å². The van der Waals surface area contributed by atoms with Crippen molar-refractivity contribution in [3.05, 3.63) is 47.9 Å². The molecule has 110 valence electrons. The molecule has 2 heterocycles. The number of benzene rings is 1. The number of aliphatic hydroxyl groups excluding tert-OH is 1. The molecule has 1 aromatic carbocycles. The summed E-state index contributed by atoms with van der Waals surface area (Å²) in [6, 6.07) is 7.84. The summed E-state index contributed by atoms with van der Waals surface area (Å²) in [4.78, 5) is 11.5. The Morgan fingerprint density at radius 3 is 2.76 bits per heavy atom. The Morgan fingerprint density at radius 1 is 1.24 bits per heavy atom. The van der Waals surface area contributed by atoms with Crippen molar-refractivity contribution in [2.24, 2.45) is 0 Å². The van der Waals surface area contributed by atoms with Crippen molar-refractivity contribution in [3.63, 3.8) is 0 Å². The van der Waals surface area contributed by atoms with Gasteiger partial charge >= 0.3 is 0 Å². The minimum absolute atomic E-state index is 0.0698. The average molecular weight is 283 g/mol. The molecule has 4 heteroatoms. The van der Waals surface area contributed by atoms with Crippen LogP contribution in [0, 0.1) is 0 Å². The number of piperidine rings is 1. The van der Waals surface area contributed by atoms with Crippen LogP contribution in [0.15, 0.2) is 36.7 Å². The lowest BCUT2D eigenvalue weighted by molar-refractivity contribution is 0.248. The third-order valence-electron chi connectivity index (χ3n) is 4.13. The molecule has 0 bridgehead atoms. The van der Waals surface area contributed by atoms with Crippen molar-refractivity contribution in [3.8, 4) is 11.3 Å². The van der Waals surface area contributed by atoms with Crippen LogP contribution in [0.4, 0.5) is 0 Å². The van der Waals surface area contributed by atoms with E-state index in [1.54, 1.807) is 0 Å². The van der Waals surface area contributed by atoms with Crippen LogP contribution in [0.2, 0.25) is 0 Å². The van der Waals surface area contributed by atoms with Crippen LogP contribution in [-0.4, -0.2) is 40.1 Å². The number of hydrogen-bond donors (Lipinski definition) is 1. The molecule has 0 radical (unpaired) electrons. The summed E-state index contributed by atoms with van der Waals surface area (Å²) in [6.07, 6.45) is 6.11. The molecule has 0 saturated carbocycles. The highest BCUT2D eigenvalue weighted by Crippen LogP contribution is 2.26. The Morgan fingerprint density at radius 2 is 2.05 bits per heavy atom. The zero-order valence-electron chi connectivity index (χ0n) is 12.4. The fourth-order valence-corrected chi connectivity index (χ4v) is 2.91. The zero-order valence-corrected chi connectivity index (χ0v) is 12.4. The molecule has 1 unspecified atom stereocenters. The third-order valence-corrected chi connectivity index (χ3v) is 4.13. The highest BCUT2D eigenvalue weighted by Gasteiger charge is 2.20. The summed E-state index contributed by atoms with van der Waals surface area (Å²) >= 11 is 0. The molecule has 1 aliphatic heterocycles. The number of hydrogen-bond acceptors (Lipinski definition) is 4. The van der Waals surface area contributed by atoms with Gasteiger partial charge < -0.3 is 10.0 Å². The van der Waals surface area contributed by atoms with E-state index in [4.69, 9.17) is 10.1 Å². The van der Waals surface area contributed by atoms with E-state index in [1.165, 1.54) is 19.4 Å². The van der Waals surface area contributed by atoms with Gasteiger partial charge in [0.15, 0.2) is 0 Å². The second-order valence-electron chi connectivity index (χ2n) is 5.79. The van der Waals surface area contributed by atoms with Crippen LogP contribution in [-0.2, 0) is 6.61 Å². The predicted octanol–water partition coefficient (Wildman–Crippen LogP) is 2.45. The number of aliphatic hydroxyl groups is 1. The van der Waals surface area contributed by atoms with Gasteiger partial charge in [-0.3, -0.25) is 4.98 Å². The smallest absolute Gasteiger partial charge is 0.0888 e. The molecular weight excluding hydrogens is 262 g/mol. The van der Waals surface area contributed by atoms with Crippen molar-refractivity contribution >= 4 is 0 Å². The summed E-state index contributed by atoms with van der Waals surface area (Å²) in [5.41, 5.74) is 3.96. The molecule has 4 nitrogen and oxygen atoms in total. The second kappa shape index (κ2) is 6.33. The Kier molecular flexibility index (Phi) is 4.27. The SMILES string of the molecule is CN1CCCC(c2cncc(-c3ccc(CO)cc3)n2)C1. The summed E-state index contributed by atoms with van der Waals surface area (Å²) in [6.45, 7) is 2.30. The van der Waals surface area contributed by atoms with Gasteiger partial charge in [-0.15, -0.1) is 0 Å². The van der Waals surface area contributed by atoms with E-state index in [0.29, 0.717) is 5.92 Å². The molecule has 1 fully saturated rings. The molecule has 21 heavy (non-hydrogen) atoms. The normalized spacial score (nSPS) is 19.6. The standard InChI is InChI=1S/C17H21N3O/c1-20-8-2-3-15(11-20)17-10-18-9-16(19-17)14-6-4-13(12-21)5-7-14/h4-7,9-10,15,21H,2-3,8,11-12H2,1H3. The number of rotatable bonds is 3. The first-order chi connectivity index (χ1) is 10.3. The highest BCUT2D eigenvalue weighted by molar-refractivity contribution is 5.58. The molecule has 0 spiro atoms. The Bertz CT molecular complexity index is 597. The fourth-order valence-electron chi connectivity index (χ4n) is 2.91. The predicted molar refractivity (Wildman–Crippen MR) is 82.9 cm³/mol. The number of aromatic nitrogens is 2. The topological polar surface area (TPSA) is 49.2 Å². The van der Waals surface area contributed by atoms with Gasteiger partial charge in [-0.25, -0.2) is 4.98 Å². The van der Waals surface area contributed by atoms with Crippen molar-refractivity contribution in [2.45, 2.75) is 25.4 Å². The average Bonchev–Trinajstić information content (AvgIpc) is 2.55. The van der Waals surface area contributed by atoms with E-state index in [2.05, 4.69) is 16.9 Å². The van der Waals surface area contributed by atoms with E-state index in [0.717, 1.165) is 29.1 Å². The Balaban J connectivity index is 1.85. The lowest BCUT2D eigenvalue weighted by Crippen LogP contribution is -2.31. The molecular formula is C17H21N3O. The first-order valence-corrected chi connectivity index (χ1v) is 7.47. The molecule has 0 amide bonds. The number of nitrogens with zero attached hydrogens (tertiary/aromatic N) is 3. The van der Waals surface area contributed by atoms with Crippen LogP contribution >= 0.6 is 0 Å². The highest BCUT2D eigenvalue weighted by atomic mass is 16.3. The minimum Gasteiger partial charge on any atom is -0.392 e. The third kappa shape index (κ3) is 3.28. The van der Waals surface area contributed by atoms with Crippen LogP contribution in [0.5, 0.6) is 0 Å². The molecule has 1 atom stereocenters. The lowest BCUT2D eigenvalue weighted by Gasteiger charge is -2.29. The lowest BCUT2D eigenvalue weighted by atomic mass is 9.95. The fraction of sp³-hybridized carbons (Fsp3) is 0.412. The first kappa shape index (κ1) is 14.2. The van der Waals surface area contributed by atoms with Crippen molar-refractivity contribution in [2.75, 3.05) is 20.1 Å². The summed E-state index contributed by atoms with van der Waals surface area (Å²) in [5.74, 6) is 0.480.